The van der Waals surface area contributed by atoms with Crippen LogP contribution in [0.15, 0.2) is 4.42 Å². The zero-order chi connectivity index (χ0) is 13.7. The van der Waals surface area contributed by atoms with Gasteiger partial charge in [0.05, 0.1) is 6.04 Å². The van der Waals surface area contributed by atoms with Crippen LogP contribution in [0.4, 0.5) is 6.01 Å². The van der Waals surface area contributed by atoms with Gasteiger partial charge in [0.25, 0.3) is 0 Å². The summed E-state index contributed by atoms with van der Waals surface area (Å²) in [6.45, 7) is 9.57. The smallest absolute Gasteiger partial charge is 0.318 e. The largest absolute Gasteiger partial charge is 0.406 e. The van der Waals surface area contributed by atoms with Crippen molar-refractivity contribution < 1.29 is 4.42 Å². The van der Waals surface area contributed by atoms with Crippen LogP contribution in [0, 0.1) is 5.92 Å². The fourth-order valence-corrected chi connectivity index (χ4v) is 2.43. The summed E-state index contributed by atoms with van der Waals surface area (Å²) in [7, 11) is 0. The van der Waals surface area contributed by atoms with Crippen molar-refractivity contribution in [3.8, 4) is 0 Å². The molecular weight excluding hydrogens is 240 g/mol. The van der Waals surface area contributed by atoms with Gasteiger partial charge >= 0.3 is 6.01 Å². The van der Waals surface area contributed by atoms with Crippen molar-refractivity contribution in [2.75, 3.05) is 24.5 Å². The van der Waals surface area contributed by atoms with Crippen LogP contribution in [0.5, 0.6) is 0 Å². The van der Waals surface area contributed by atoms with Crippen LogP contribution >= 0.6 is 0 Å². The molecule has 108 valence electrons. The van der Waals surface area contributed by atoms with Gasteiger partial charge in [-0.3, -0.25) is 0 Å². The van der Waals surface area contributed by atoms with E-state index in [1.807, 2.05) is 0 Å². The van der Waals surface area contributed by atoms with Gasteiger partial charge in [-0.05, 0) is 45.1 Å². The number of aromatic nitrogens is 2. The molecule has 0 spiro atoms. The third kappa shape index (κ3) is 3.93. The summed E-state index contributed by atoms with van der Waals surface area (Å²) in [5, 5.41) is 11.7. The second-order valence-electron chi connectivity index (χ2n) is 5.62. The number of hydrogen-bond acceptors (Lipinski definition) is 5. The predicted octanol–water partition coefficient (Wildman–Crippen LogP) is 2.76. The molecule has 2 unspecified atom stereocenters. The topological polar surface area (TPSA) is 54.2 Å². The van der Waals surface area contributed by atoms with Gasteiger partial charge in [-0.1, -0.05) is 18.9 Å². The Balaban J connectivity index is 1.95. The molecule has 1 saturated heterocycles. The number of anilines is 1. The average molecular weight is 266 g/mol. The van der Waals surface area contributed by atoms with E-state index in [1.165, 1.54) is 19.3 Å². The van der Waals surface area contributed by atoms with Gasteiger partial charge in [-0.2, -0.15) is 0 Å². The second kappa shape index (κ2) is 6.89. The molecule has 2 atom stereocenters. The molecule has 0 aliphatic carbocycles. The van der Waals surface area contributed by atoms with Crippen LogP contribution < -0.4 is 10.2 Å². The monoisotopic (exact) mass is 266 g/mol. The first-order chi connectivity index (χ1) is 9.20. The first-order valence-corrected chi connectivity index (χ1v) is 7.52. The maximum atomic E-state index is 5.81. The predicted molar refractivity (Wildman–Crippen MR) is 76.2 cm³/mol. The second-order valence-corrected chi connectivity index (χ2v) is 5.62. The molecule has 1 fully saturated rings. The summed E-state index contributed by atoms with van der Waals surface area (Å²) in [5.41, 5.74) is 0. The SMILES string of the molecule is CCCNC(C)c1nnc(N2CCCC(C)CC2)o1. The summed E-state index contributed by atoms with van der Waals surface area (Å²) in [6, 6.07) is 0.821. The van der Waals surface area contributed by atoms with E-state index >= 15 is 0 Å². The highest BCUT2D eigenvalue weighted by Gasteiger charge is 2.20. The number of rotatable bonds is 5. The zero-order valence-electron chi connectivity index (χ0n) is 12.4. The van der Waals surface area contributed by atoms with E-state index < -0.39 is 0 Å². The summed E-state index contributed by atoms with van der Waals surface area (Å²) in [6.07, 6.45) is 4.82. The van der Waals surface area contributed by atoms with E-state index in [1.54, 1.807) is 0 Å². The van der Waals surface area contributed by atoms with Crippen LogP contribution in [0.2, 0.25) is 0 Å². The summed E-state index contributed by atoms with van der Waals surface area (Å²) < 4.78 is 5.81. The molecule has 0 aromatic carbocycles. The van der Waals surface area contributed by atoms with Crippen molar-refractivity contribution in [3.05, 3.63) is 5.89 Å². The highest BCUT2D eigenvalue weighted by Crippen LogP contribution is 2.22. The Labute approximate surface area is 115 Å². The molecule has 1 aromatic rings. The van der Waals surface area contributed by atoms with Gasteiger partial charge in [-0.25, -0.2) is 0 Å². The number of nitrogens with zero attached hydrogens (tertiary/aromatic N) is 3. The molecule has 1 aliphatic rings. The van der Waals surface area contributed by atoms with Gasteiger partial charge < -0.3 is 14.6 Å². The normalized spacial score (nSPS) is 22.3. The van der Waals surface area contributed by atoms with Crippen LogP contribution in [-0.4, -0.2) is 29.8 Å². The average Bonchev–Trinajstić information content (AvgIpc) is 2.80. The Morgan fingerprint density at radius 1 is 1.37 bits per heavy atom. The molecule has 19 heavy (non-hydrogen) atoms. The van der Waals surface area contributed by atoms with Crippen molar-refractivity contribution in [1.82, 2.24) is 15.5 Å². The van der Waals surface area contributed by atoms with E-state index in [2.05, 4.69) is 41.2 Å². The maximum absolute atomic E-state index is 5.81. The molecule has 2 heterocycles. The lowest BCUT2D eigenvalue weighted by atomic mass is 10.0. The fraction of sp³-hybridized carbons (Fsp3) is 0.857. The molecular formula is C14H26N4O. The van der Waals surface area contributed by atoms with Gasteiger partial charge in [-0.15, -0.1) is 5.10 Å². The van der Waals surface area contributed by atoms with E-state index in [4.69, 9.17) is 4.42 Å². The Kier molecular flexibility index (Phi) is 5.19. The molecule has 1 N–H and O–H groups in total. The third-order valence-electron chi connectivity index (χ3n) is 3.79. The van der Waals surface area contributed by atoms with Crippen LogP contribution in [0.1, 0.15) is 58.4 Å². The number of hydrogen-bond donors (Lipinski definition) is 1. The number of nitrogens with one attached hydrogen (secondary N) is 1. The van der Waals surface area contributed by atoms with Crippen molar-refractivity contribution in [2.45, 2.75) is 52.5 Å². The van der Waals surface area contributed by atoms with Crippen molar-refractivity contribution in [2.24, 2.45) is 5.92 Å². The van der Waals surface area contributed by atoms with Crippen molar-refractivity contribution in [3.63, 3.8) is 0 Å². The van der Waals surface area contributed by atoms with Crippen LogP contribution in [-0.2, 0) is 0 Å². The Bertz CT molecular complexity index is 379. The fourth-order valence-electron chi connectivity index (χ4n) is 2.43. The first kappa shape index (κ1) is 14.3. The summed E-state index contributed by atoms with van der Waals surface area (Å²) in [5.74, 6) is 1.50. The van der Waals surface area contributed by atoms with E-state index in [0.717, 1.165) is 32.0 Å². The lowest BCUT2D eigenvalue weighted by molar-refractivity contribution is 0.413. The highest BCUT2D eigenvalue weighted by atomic mass is 16.4. The molecule has 0 radical (unpaired) electrons. The molecule has 0 saturated carbocycles. The standard InChI is InChI=1S/C14H26N4O/c1-4-8-15-12(3)13-16-17-14(19-13)18-9-5-6-11(2)7-10-18/h11-12,15H,4-10H2,1-3H3. The van der Waals surface area contributed by atoms with Crippen LogP contribution in [0.3, 0.4) is 0 Å². The quantitative estimate of drug-likeness (QED) is 0.888. The molecule has 5 nitrogen and oxygen atoms in total. The minimum Gasteiger partial charge on any atom is -0.406 e. The maximum Gasteiger partial charge on any atom is 0.318 e. The molecule has 0 amide bonds. The first-order valence-electron chi connectivity index (χ1n) is 7.52. The highest BCUT2D eigenvalue weighted by molar-refractivity contribution is 5.24. The zero-order valence-corrected chi connectivity index (χ0v) is 12.4. The minimum absolute atomic E-state index is 0.132. The van der Waals surface area contributed by atoms with Gasteiger partial charge in [0.15, 0.2) is 0 Å². The van der Waals surface area contributed by atoms with E-state index in [-0.39, 0.29) is 6.04 Å². The molecule has 1 aliphatic heterocycles. The van der Waals surface area contributed by atoms with Gasteiger partial charge in [0, 0.05) is 13.1 Å². The lowest BCUT2D eigenvalue weighted by Gasteiger charge is -2.17. The van der Waals surface area contributed by atoms with Crippen molar-refractivity contribution >= 4 is 6.01 Å². The molecule has 1 aromatic heterocycles. The minimum atomic E-state index is 0.132. The summed E-state index contributed by atoms with van der Waals surface area (Å²) >= 11 is 0. The molecule has 2 rings (SSSR count). The van der Waals surface area contributed by atoms with Gasteiger partial charge in [0.1, 0.15) is 0 Å². The van der Waals surface area contributed by atoms with Gasteiger partial charge in [0.2, 0.25) is 5.89 Å². The van der Waals surface area contributed by atoms with Crippen LogP contribution in [0.25, 0.3) is 0 Å². The van der Waals surface area contributed by atoms with Crippen molar-refractivity contribution in [1.29, 1.82) is 0 Å². The Hall–Kier alpha value is -1.10. The lowest BCUT2D eigenvalue weighted by Crippen LogP contribution is -2.24. The Morgan fingerprint density at radius 2 is 2.21 bits per heavy atom. The van der Waals surface area contributed by atoms with E-state index in [9.17, 15) is 0 Å². The molecule has 0 bridgehead atoms. The molecule has 5 heteroatoms. The third-order valence-corrected chi connectivity index (χ3v) is 3.79. The summed E-state index contributed by atoms with van der Waals surface area (Å²) in [4.78, 5) is 2.23. The Morgan fingerprint density at radius 3 is 3.00 bits per heavy atom. The van der Waals surface area contributed by atoms with E-state index in [0.29, 0.717) is 11.9 Å².